The molecule has 100 valence electrons. The SMILES string of the molecule is COc1ccc(CN2CCn3ccnc3C2)cc1O. The number of benzene rings is 1. The number of nitrogens with zero attached hydrogens (tertiary/aromatic N) is 3. The van der Waals surface area contributed by atoms with Gasteiger partial charge in [0, 0.05) is 32.0 Å². The number of methoxy groups -OCH3 is 1. The van der Waals surface area contributed by atoms with E-state index >= 15 is 0 Å². The van der Waals surface area contributed by atoms with Crippen molar-refractivity contribution in [2.75, 3.05) is 13.7 Å². The Morgan fingerprint density at radius 3 is 3.05 bits per heavy atom. The average Bonchev–Trinajstić information content (AvgIpc) is 2.86. The highest BCUT2D eigenvalue weighted by Gasteiger charge is 2.16. The van der Waals surface area contributed by atoms with Gasteiger partial charge in [0.1, 0.15) is 5.82 Å². The first kappa shape index (κ1) is 12.0. The molecule has 0 spiro atoms. The van der Waals surface area contributed by atoms with E-state index in [1.54, 1.807) is 19.2 Å². The highest BCUT2D eigenvalue weighted by molar-refractivity contribution is 5.41. The normalized spacial score (nSPS) is 15.2. The maximum Gasteiger partial charge on any atom is 0.160 e. The fraction of sp³-hybridized carbons (Fsp3) is 0.357. The van der Waals surface area contributed by atoms with Gasteiger partial charge >= 0.3 is 0 Å². The molecule has 0 atom stereocenters. The van der Waals surface area contributed by atoms with Crippen molar-refractivity contribution in [3.8, 4) is 11.5 Å². The largest absolute Gasteiger partial charge is 0.504 e. The maximum absolute atomic E-state index is 9.79. The summed E-state index contributed by atoms with van der Waals surface area (Å²) >= 11 is 0. The fourth-order valence-electron chi connectivity index (χ4n) is 2.45. The number of aromatic nitrogens is 2. The van der Waals surface area contributed by atoms with Crippen molar-refractivity contribution < 1.29 is 9.84 Å². The van der Waals surface area contributed by atoms with Crippen molar-refractivity contribution in [2.24, 2.45) is 0 Å². The molecule has 0 saturated carbocycles. The van der Waals surface area contributed by atoms with E-state index in [2.05, 4.69) is 14.5 Å². The molecule has 0 radical (unpaired) electrons. The van der Waals surface area contributed by atoms with Crippen molar-refractivity contribution in [2.45, 2.75) is 19.6 Å². The van der Waals surface area contributed by atoms with Gasteiger partial charge in [-0.05, 0) is 17.7 Å². The highest BCUT2D eigenvalue weighted by Crippen LogP contribution is 2.27. The zero-order valence-electron chi connectivity index (χ0n) is 10.9. The standard InChI is InChI=1S/C14H17N3O2/c1-19-13-3-2-11(8-12(13)18)9-16-6-7-17-5-4-15-14(17)10-16/h2-5,8,18H,6-7,9-10H2,1H3. The van der Waals surface area contributed by atoms with Gasteiger partial charge in [0.2, 0.25) is 0 Å². The van der Waals surface area contributed by atoms with Crippen LogP contribution in [-0.2, 0) is 19.6 Å². The van der Waals surface area contributed by atoms with E-state index < -0.39 is 0 Å². The lowest BCUT2D eigenvalue weighted by Crippen LogP contribution is -2.33. The Morgan fingerprint density at radius 1 is 1.37 bits per heavy atom. The van der Waals surface area contributed by atoms with Crippen molar-refractivity contribution in [1.29, 1.82) is 0 Å². The number of hydrogen-bond donors (Lipinski definition) is 1. The predicted molar refractivity (Wildman–Crippen MR) is 71.0 cm³/mol. The van der Waals surface area contributed by atoms with E-state index in [0.717, 1.165) is 37.6 Å². The number of ether oxygens (including phenoxy) is 1. The summed E-state index contributed by atoms with van der Waals surface area (Å²) in [7, 11) is 1.55. The zero-order chi connectivity index (χ0) is 13.2. The van der Waals surface area contributed by atoms with E-state index in [1.807, 2.05) is 18.5 Å². The van der Waals surface area contributed by atoms with Gasteiger partial charge < -0.3 is 14.4 Å². The molecule has 0 unspecified atom stereocenters. The molecular weight excluding hydrogens is 242 g/mol. The summed E-state index contributed by atoms with van der Waals surface area (Å²) in [6, 6.07) is 5.55. The Labute approximate surface area is 112 Å². The molecule has 2 heterocycles. The van der Waals surface area contributed by atoms with Gasteiger partial charge in [0.05, 0.1) is 13.7 Å². The minimum absolute atomic E-state index is 0.193. The third-order valence-electron chi connectivity index (χ3n) is 3.47. The van der Waals surface area contributed by atoms with Crippen LogP contribution in [0.1, 0.15) is 11.4 Å². The Bertz CT molecular complexity index is 580. The van der Waals surface area contributed by atoms with Crippen LogP contribution in [0.3, 0.4) is 0 Å². The van der Waals surface area contributed by atoms with E-state index in [0.29, 0.717) is 5.75 Å². The molecular formula is C14H17N3O2. The smallest absolute Gasteiger partial charge is 0.160 e. The first-order valence-electron chi connectivity index (χ1n) is 6.34. The summed E-state index contributed by atoms with van der Waals surface area (Å²) in [5, 5.41) is 9.79. The van der Waals surface area contributed by atoms with Crippen molar-refractivity contribution in [3.63, 3.8) is 0 Å². The molecule has 1 aliphatic rings. The number of fused-ring (bicyclic) bond motifs is 1. The van der Waals surface area contributed by atoms with Crippen molar-refractivity contribution in [3.05, 3.63) is 42.0 Å². The molecule has 1 aliphatic heterocycles. The van der Waals surface area contributed by atoms with Crippen LogP contribution in [0, 0.1) is 0 Å². The molecule has 5 heteroatoms. The van der Waals surface area contributed by atoms with Gasteiger partial charge in [-0.25, -0.2) is 4.98 Å². The molecule has 0 aliphatic carbocycles. The summed E-state index contributed by atoms with van der Waals surface area (Å²) in [4.78, 5) is 6.67. The topological polar surface area (TPSA) is 50.5 Å². The van der Waals surface area contributed by atoms with Crippen LogP contribution >= 0.6 is 0 Å². The van der Waals surface area contributed by atoms with Gasteiger partial charge in [-0.2, -0.15) is 0 Å². The van der Waals surface area contributed by atoms with Gasteiger partial charge in [-0.15, -0.1) is 0 Å². The first-order chi connectivity index (χ1) is 9.26. The number of aromatic hydroxyl groups is 1. The number of imidazole rings is 1. The van der Waals surface area contributed by atoms with Crippen molar-refractivity contribution in [1.82, 2.24) is 14.5 Å². The van der Waals surface area contributed by atoms with Gasteiger partial charge in [0.25, 0.3) is 0 Å². The average molecular weight is 259 g/mol. The number of rotatable bonds is 3. The molecule has 0 amide bonds. The second-order valence-electron chi connectivity index (χ2n) is 4.75. The van der Waals surface area contributed by atoms with Gasteiger partial charge in [-0.1, -0.05) is 6.07 Å². The van der Waals surface area contributed by atoms with Crippen LogP contribution in [0.4, 0.5) is 0 Å². The molecule has 1 N–H and O–H groups in total. The minimum atomic E-state index is 0.193. The zero-order valence-corrected chi connectivity index (χ0v) is 10.9. The number of phenolic OH excluding ortho intramolecular Hbond substituents is 1. The van der Waals surface area contributed by atoms with E-state index in [9.17, 15) is 5.11 Å². The van der Waals surface area contributed by atoms with Crippen LogP contribution in [0.15, 0.2) is 30.6 Å². The summed E-state index contributed by atoms with van der Waals surface area (Å²) in [5.41, 5.74) is 1.08. The predicted octanol–water partition coefficient (Wildman–Crippen LogP) is 1.61. The Hall–Kier alpha value is -2.01. The van der Waals surface area contributed by atoms with E-state index in [-0.39, 0.29) is 5.75 Å². The summed E-state index contributed by atoms with van der Waals surface area (Å²) in [5.74, 6) is 1.81. The lowest BCUT2D eigenvalue weighted by molar-refractivity contribution is 0.208. The monoisotopic (exact) mass is 259 g/mol. The molecule has 3 rings (SSSR count). The van der Waals surface area contributed by atoms with E-state index in [1.165, 1.54) is 0 Å². The Morgan fingerprint density at radius 2 is 2.26 bits per heavy atom. The third-order valence-corrected chi connectivity index (χ3v) is 3.47. The minimum Gasteiger partial charge on any atom is -0.504 e. The Balaban J connectivity index is 1.71. The summed E-state index contributed by atoms with van der Waals surface area (Å²) < 4.78 is 7.23. The van der Waals surface area contributed by atoms with Gasteiger partial charge in [-0.3, -0.25) is 4.90 Å². The molecule has 19 heavy (non-hydrogen) atoms. The van der Waals surface area contributed by atoms with Crippen LogP contribution in [0.5, 0.6) is 11.5 Å². The second-order valence-corrected chi connectivity index (χ2v) is 4.75. The molecule has 1 aromatic heterocycles. The molecule has 2 aromatic rings. The molecule has 0 bridgehead atoms. The molecule has 0 fully saturated rings. The quantitative estimate of drug-likeness (QED) is 0.910. The summed E-state index contributed by atoms with van der Waals surface area (Å²) in [6.07, 6.45) is 3.87. The van der Waals surface area contributed by atoms with Gasteiger partial charge in [0.15, 0.2) is 11.5 Å². The first-order valence-corrected chi connectivity index (χ1v) is 6.34. The van der Waals surface area contributed by atoms with Crippen molar-refractivity contribution >= 4 is 0 Å². The summed E-state index contributed by atoms with van der Waals surface area (Å²) in [6.45, 7) is 3.62. The highest BCUT2D eigenvalue weighted by atomic mass is 16.5. The molecule has 1 aromatic carbocycles. The Kier molecular flexibility index (Phi) is 3.13. The lowest BCUT2D eigenvalue weighted by atomic mass is 10.2. The maximum atomic E-state index is 9.79. The van der Waals surface area contributed by atoms with E-state index in [4.69, 9.17) is 4.74 Å². The molecule has 5 nitrogen and oxygen atoms in total. The second kappa shape index (κ2) is 4.93. The van der Waals surface area contributed by atoms with Crippen LogP contribution in [0.2, 0.25) is 0 Å². The van der Waals surface area contributed by atoms with Crippen LogP contribution in [-0.4, -0.2) is 33.2 Å². The number of phenols is 1. The van der Waals surface area contributed by atoms with Crippen LogP contribution in [0.25, 0.3) is 0 Å². The third kappa shape index (κ3) is 2.42. The van der Waals surface area contributed by atoms with Crippen LogP contribution < -0.4 is 4.74 Å². The number of hydrogen-bond acceptors (Lipinski definition) is 4. The lowest BCUT2D eigenvalue weighted by Gasteiger charge is -2.27. The molecule has 0 saturated heterocycles. The fourth-order valence-corrected chi connectivity index (χ4v) is 2.45.